The summed E-state index contributed by atoms with van der Waals surface area (Å²) in [6.07, 6.45) is 7.28. The average Bonchev–Trinajstić information content (AvgIpc) is 2.93. The normalized spacial score (nSPS) is 42.8. The minimum Gasteiger partial charge on any atom is -0.384 e. The van der Waals surface area contributed by atoms with Crippen LogP contribution in [-0.4, -0.2) is 9.78 Å². The van der Waals surface area contributed by atoms with Crippen molar-refractivity contribution in [1.29, 1.82) is 0 Å². The van der Waals surface area contributed by atoms with Gasteiger partial charge < -0.3 is 5.73 Å². The van der Waals surface area contributed by atoms with E-state index in [2.05, 4.69) is 4.68 Å². The zero-order valence-corrected chi connectivity index (χ0v) is 12.0. The molecule has 2 N–H and O–H groups in total. The summed E-state index contributed by atoms with van der Waals surface area (Å²) in [6, 6.07) is 0.628. The molecule has 2 heterocycles. The Balaban J connectivity index is 1.56. The standard InChI is InChI=1S/C15H21N3S/c16-15-12-6-19-7-13(12)17-18(15)14-10-2-8-1-9(4-10)5-11(14)3-8/h8-11,14H,1-7,16H2. The van der Waals surface area contributed by atoms with Gasteiger partial charge in [-0.3, -0.25) is 0 Å². The van der Waals surface area contributed by atoms with Crippen LogP contribution in [0.25, 0.3) is 0 Å². The van der Waals surface area contributed by atoms with Gasteiger partial charge in [-0.25, -0.2) is 4.68 Å². The van der Waals surface area contributed by atoms with Crippen molar-refractivity contribution in [1.82, 2.24) is 9.78 Å². The molecule has 4 aliphatic carbocycles. The van der Waals surface area contributed by atoms with E-state index in [-0.39, 0.29) is 0 Å². The molecular weight excluding hydrogens is 254 g/mol. The molecule has 19 heavy (non-hydrogen) atoms. The molecule has 4 bridgehead atoms. The molecule has 4 saturated carbocycles. The predicted molar refractivity (Wildman–Crippen MR) is 77.7 cm³/mol. The van der Waals surface area contributed by atoms with Crippen LogP contribution in [0.15, 0.2) is 0 Å². The predicted octanol–water partition coefficient (Wildman–Crippen LogP) is 3.21. The first-order chi connectivity index (χ1) is 9.29. The summed E-state index contributed by atoms with van der Waals surface area (Å²) in [5.74, 6) is 6.93. The summed E-state index contributed by atoms with van der Waals surface area (Å²) >= 11 is 1.95. The molecular formula is C15H21N3S. The van der Waals surface area contributed by atoms with Crippen molar-refractivity contribution in [2.75, 3.05) is 5.73 Å². The highest BCUT2D eigenvalue weighted by atomic mass is 32.2. The van der Waals surface area contributed by atoms with Crippen molar-refractivity contribution >= 4 is 17.6 Å². The van der Waals surface area contributed by atoms with Crippen molar-refractivity contribution in [2.45, 2.75) is 49.7 Å². The molecule has 5 aliphatic rings. The third kappa shape index (κ3) is 1.44. The Hall–Kier alpha value is -0.640. The molecule has 4 fully saturated rings. The summed E-state index contributed by atoms with van der Waals surface area (Å²) < 4.78 is 2.26. The van der Waals surface area contributed by atoms with E-state index in [1.807, 2.05) is 11.8 Å². The fourth-order valence-electron chi connectivity index (χ4n) is 5.58. The molecule has 6 rings (SSSR count). The van der Waals surface area contributed by atoms with Crippen LogP contribution in [0.4, 0.5) is 5.82 Å². The van der Waals surface area contributed by atoms with E-state index in [9.17, 15) is 0 Å². The van der Waals surface area contributed by atoms with Gasteiger partial charge in [-0.15, -0.1) is 0 Å². The molecule has 0 radical (unpaired) electrons. The Morgan fingerprint density at radius 1 is 1.00 bits per heavy atom. The van der Waals surface area contributed by atoms with Crippen molar-refractivity contribution in [3.63, 3.8) is 0 Å². The number of thioether (sulfide) groups is 1. The van der Waals surface area contributed by atoms with Gasteiger partial charge in [0, 0.05) is 17.1 Å². The first-order valence-corrected chi connectivity index (χ1v) is 8.88. The Bertz CT molecular complexity index is 508. The minimum atomic E-state index is 0.628. The zero-order chi connectivity index (χ0) is 12.6. The molecule has 0 amide bonds. The van der Waals surface area contributed by atoms with E-state index in [0.29, 0.717) is 6.04 Å². The van der Waals surface area contributed by atoms with Gasteiger partial charge in [0.15, 0.2) is 0 Å². The Labute approximate surface area is 118 Å². The molecule has 0 saturated heterocycles. The second-order valence-corrected chi connectivity index (χ2v) is 8.15. The molecule has 4 heteroatoms. The van der Waals surface area contributed by atoms with Gasteiger partial charge in [0.2, 0.25) is 0 Å². The maximum atomic E-state index is 6.42. The van der Waals surface area contributed by atoms with Crippen LogP contribution in [0.5, 0.6) is 0 Å². The van der Waals surface area contributed by atoms with Gasteiger partial charge in [0.05, 0.1) is 11.7 Å². The lowest BCUT2D eigenvalue weighted by Gasteiger charge is -2.54. The zero-order valence-electron chi connectivity index (χ0n) is 11.2. The van der Waals surface area contributed by atoms with Gasteiger partial charge in [-0.2, -0.15) is 16.9 Å². The van der Waals surface area contributed by atoms with Crippen molar-refractivity contribution in [3.05, 3.63) is 11.3 Å². The number of anilines is 1. The fourth-order valence-corrected chi connectivity index (χ4v) is 6.62. The Kier molecular flexibility index (Phi) is 2.16. The van der Waals surface area contributed by atoms with Gasteiger partial charge in [-0.1, -0.05) is 0 Å². The molecule has 1 aliphatic heterocycles. The van der Waals surface area contributed by atoms with E-state index in [1.165, 1.54) is 43.4 Å². The lowest BCUT2D eigenvalue weighted by Crippen LogP contribution is -2.46. The first kappa shape index (κ1) is 11.1. The van der Waals surface area contributed by atoms with Crippen LogP contribution in [-0.2, 0) is 11.5 Å². The van der Waals surface area contributed by atoms with Crippen molar-refractivity contribution in [3.8, 4) is 0 Å². The number of fused-ring (bicyclic) bond motifs is 1. The molecule has 3 nitrogen and oxygen atoms in total. The average molecular weight is 275 g/mol. The van der Waals surface area contributed by atoms with Gasteiger partial charge in [-0.05, 0) is 55.8 Å². The highest BCUT2D eigenvalue weighted by molar-refractivity contribution is 7.98. The minimum absolute atomic E-state index is 0.628. The third-order valence-electron chi connectivity index (χ3n) is 6.08. The van der Waals surface area contributed by atoms with Crippen molar-refractivity contribution in [2.24, 2.45) is 23.7 Å². The van der Waals surface area contributed by atoms with Crippen LogP contribution in [0, 0.1) is 23.7 Å². The second kappa shape index (κ2) is 3.72. The van der Waals surface area contributed by atoms with Crippen molar-refractivity contribution < 1.29 is 0 Å². The summed E-state index contributed by atoms with van der Waals surface area (Å²) in [7, 11) is 0. The van der Waals surface area contributed by atoms with E-state index in [4.69, 9.17) is 10.8 Å². The third-order valence-corrected chi connectivity index (χ3v) is 7.05. The lowest BCUT2D eigenvalue weighted by molar-refractivity contribution is -0.0328. The first-order valence-electron chi connectivity index (χ1n) is 7.73. The number of nitrogens with two attached hydrogens (primary N) is 1. The van der Waals surface area contributed by atoms with Gasteiger partial charge >= 0.3 is 0 Å². The summed E-state index contributed by atoms with van der Waals surface area (Å²) in [5.41, 5.74) is 9.04. The highest BCUT2D eigenvalue weighted by Crippen LogP contribution is 2.58. The number of hydrogen-bond donors (Lipinski definition) is 1. The topological polar surface area (TPSA) is 43.8 Å². The van der Waals surface area contributed by atoms with Crippen LogP contribution >= 0.6 is 11.8 Å². The molecule has 102 valence electrons. The van der Waals surface area contributed by atoms with E-state index in [1.54, 1.807) is 0 Å². The maximum Gasteiger partial charge on any atom is 0.126 e. The Morgan fingerprint density at radius 2 is 1.68 bits per heavy atom. The van der Waals surface area contributed by atoms with Crippen LogP contribution in [0.1, 0.15) is 49.4 Å². The maximum absolute atomic E-state index is 6.42. The largest absolute Gasteiger partial charge is 0.384 e. The molecule has 0 spiro atoms. The van der Waals surface area contributed by atoms with E-state index in [0.717, 1.165) is 41.0 Å². The molecule has 1 aromatic rings. The Morgan fingerprint density at radius 3 is 2.32 bits per heavy atom. The number of nitrogens with zero attached hydrogens (tertiary/aromatic N) is 2. The molecule has 0 atom stereocenters. The lowest BCUT2D eigenvalue weighted by atomic mass is 9.54. The van der Waals surface area contributed by atoms with E-state index < -0.39 is 0 Å². The fraction of sp³-hybridized carbons (Fsp3) is 0.800. The SMILES string of the molecule is Nc1c2c(nn1C1C3CC4CC(C3)CC1C4)CSC2. The van der Waals surface area contributed by atoms with Crippen LogP contribution in [0.2, 0.25) is 0 Å². The summed E-state index contributed by atoms with van der Waals surface area (Å²) in [6.45, 7) is 0. The van der Waals surface area contributed by atoms with Gasteiger partial charge in [0.25, 0.3) is 0 Å². The molecule has 0 unspecified atom stereocenters. The quantitative estimate of drug-likeness (QED) is 0.856. The van der Waals surface area contributed by atoms with Crippen LogP contribution < -0.4 is 5.73 Å². The second-order valence-electron chi connectivity index (χ2n) is 7.17. The number of aromatic nitrogens is 2. The number of nitrogen functional groups attached to an aromatic ring is 1. The van der Waals surface area contributed by atoms with Gasteiger partial charge in [0.1, 0.15) is 5.82 Å². The number of rotatable bonds is 1. The molecule has 1 aromatic heterocycles. The van der Waals surface area contributed by atoms with E-state index >= 15 is 0 Å². The monoisotopic (exact) mass is 275 g/mol. The summed E-state index contributed by atoms with van der Waals surface area (Å²) in [4.78, 5) is 0. The summed E-state index contributed by atoms with van der Waals surface area (Å²) in [5, 5.41) is 4.91. The smallest absolute Gasteiger partial charge is 0.126 e. The molecule has 0 aromatic carbocycles. The highest BCUT2D eigenvalue weighted by Gasteiger charge is 2.50. The number of hydrogen-bond acceptors (Lipinski definition) is 3. The van der Waals surface area contributed by atoms with Crippen LogP contribution in [0.3, 0.4) is 0 Å².